The highest BCUT2D eigenvalue weighted by Gasteiger charge is 2.33. The van der Waals surface area contributed by atoms with E-state index in [-0.39, 0.29) is 30.6 Å². The number of hydrogen-bond donors (Lipinski definition) is 1. The third kappa shape index (κ3) is 8.53. The number of halogens is 2. The van der Waals surface area contributed by atoms with E-state index in [0.717, 1.165) is 21.7 Å². The van der Waals surface area contributed by atoms with Gasteiger partial charge in [-0.15, -0.1) is 0 Å². The second-order valence-corrected chi connectivity index (χ2v) is 12.0. The summed E-state index contributed by atoms with van der Waals surface area (Å²) in [5.41, 5.74) is 2.40. The van der Waals surface area contributed by atoms with Gasteiger partial charge in [0.15, 0.2) is 0 Å². The average Bonchev–Trinajstić information content (AvgIpc) is 2.87. The van der Waals surface area contributed by atoms with Crippen LogP contribution in [-0.4, -0.2) is 50.0 Å². The molecule has 0 aromatic heterocycles. The molecule has 0 aliphatic carbocycles. The SMILES string of the molecule is Cc1ccc(N(CC(=O)N(Cc2ccc(F)cc2)C(Cc2ccccc2)C(=O)NC(C)C)S(C)(=O)=O)cc1Cl. The fraction of sp³-hybridized carbons (Fsp3) is 0.310. The van der Waals surface area contributed by atoms with Gasteiger partial charge in [-0.2, -0.15) is 0 Å². The Bertz CT molecular complexity index is 1400. The molecule has 0 heterocycles. The second kappa shape index (κ2) is 13.1. The van der Waals surface area contributed by atoms with E-state index in [9.17, 15) is 22.4 Å². The summed E-state index contributed by atoms with van der Waals surface area (Å²) >= 11 is 6.26. The molecule has 1 N–H and O–H groups in total. The van der Waals surface area contributed by atoms with Crippen molar-refractivity contribution in [3.63, 3.8) is 0 Å². The number of rotatable bonds is 11. The van der Waals surface area contributed by atoms with Gasteiger partial charge in [0.2, 0.25) is 21.8 Å². The maximum atomic E-state index is 14.0. The molecule has 0 radical (unpaired) electrons. The van der Waals surface area contributed by atoms with E-state index in [2.05, 4.69) is 5.32 Å². The molecule has 1 unspecified atom stereocenters. The van der Waals surface area contributed by atoms with E-state index in [0.29, 0.717) is 10.6 Å². The Hall–Kier alpha value is -3.43. The van der Waals surface area contributed by atoms with E-state index < -0.39 is 34.3 Å². The molecule has 0 saturated heterocycles. The highest BCUT2D eigenvalue weighted by molar-refractivity contribution is 7.92. The molecule has 0 spiro atoms. The number of aryl methyl sites for hydroxylation is 1. The van der Waals surface area contributed by atoms with Gasteiger partial charge in [0.05, 0.1) is 11.9 Å². The van der Waals surface area contributed by atoms with Crippen LogP contribution < -0.4 is 9.62 Å². The molecule has 2 amide bonds. The maximum Gasteiger partial charge on any atom is 0.244 e. The fourth-order valence-corrected chi connectivity index (χ4v) is 5.09. The maximum absolute atomic E-state index is 14.0. The number of anilines is 1. The molecule has 0 bridgehead atoms. The Balaban J connectivity index is 2.06. The molecule has 10 heteroatoms. The molecule has 0 fully saturated rings. The summed E-state index contributed by atoms with van der Waals surface area (Å²) in [7, 11) is -3.90. The van der Waals surface area contributed by atoms with Gasteiger partial charge in [0.1, 0.15) is 18.4 Å². The number of nitrogens with zero attached hydrogens (tertiary/aromatic N) is 2. The summed E-state index contributed by atoms with van der Waals surface area (Å²) in [5.74, 6) is -1.41. The number of nitrogens with one attached hydrogen (secondary N) is 1. The topological polar surface area (TPSA) is 86.8 Å². The summed E-state index contributed by atoms with van der Waals surface area (Å²) in [5, 5.41) is 3.24. The number of sulfonamides is 1. The predicted octanol–water partition coefficient (Wildman–Crippen LogP) is 4.72. The van der Waals surface area contributed by atoms with Gasteiger partial charge in [-0.3, -0.25) is 13.9 Å². The van der Waals surface area contributed by atoms with Crippen LogP contribution in [0.3, 0.4) is 0 Å². The van der Waals surface area contributed by atoms with Gasteiger partial charge in [-0.25, -0.2) is 12.8 Å². The number of hydrogen-bond acceptors (Lipinski definition) is 4. The molecule has 208 valence electrons. The van der Waals surface area contributed by atoms with Crippen molar-refractivity contribution in [2.24, 2.45) is 0 Å². The summed E-state index contributed by atoms with van der Waals surface area (Å²) in [6.45, 7) is 4.83. The van der Waals surface area contributed by atoms with Crippen molar-refractivity contribution in [1.82, 2.24) is 10.2 Å². The Morgan fingerprint density at radius 1 is 0.974 bits per heavy atom. The lowest BCUT2D eigenvalue weighted by atomic mass is 10.0. The van der Waals surface area contributed by atoms with E-state index in [1.54, 1.807) is 19.1 Å². The Kier molecular flexibility index (Phi) is 10.1. The quantitative estimate of drug-likeness (QED) is 0.360. The zero-order valence-corrected chi connectivity index (χ0v) is 24.0. The van der Waals surface area contributed by atoms with E-state index in [1.807, 2.05) is 44.2 Å². The Morgan fingerprint density at radius 3 is 2.18 bits per heavy atom. The van der Waals surface area contributed by atoms with Gasteiger partial charge in [0.25, 0.3) is 0 Å². The van der Waals surface area contributed by atoms with E-state index >= 15 is 0 Å². The third-order valence-corrected chi connectivity index (χ3v) is 7.64. The lowest BCUT2D eigenvalue weighted by molar-refractivity contribution is -0.140. The van der Waals surface area contributed by atoms with Crippen molar-refractivity contribution in [3.8, 4) is 0 Å². The molecule has 1 atom stereocenters. The smallest absolute Gasteiger partial charge is 0.244 e. The zero-order valence-electron chi connectivity index (χ0n) is 22.4. The molecule has 0 aliphatic heterocycles. The molecule has 7 nitrogen and oxygen atoms in total. The van der Waals surface area contributed by atoms with Crippen molar-refractivity contribution in [2.45, 2.75) is 45.8 Å². The van der Waals surface area contributed by atoms with Gasteiger partial charge >= 0.3 is 0 Å². The molecular formula is C29H33ClFN3O4S. The second-order valence-electron chi connectivity index (χ2n) is 9.72. The lowest BCUT2D eigenvalue weighted by Crippen LogP contribution is -2.54. The largest absolute Gasteiger partial charge is 0.352 e. The first-order chi connectivity index (χ1) is 18.3. The van der Waals surface area contributed by atoms with Crippen LogP contribution in [0.4, 0.5) is 10.1 Å². The number of carbonyl (C=O) groups is 2. The highest BCUT2D eigenvalue weighted by atomic mass is 35.5. The standard InChI is InChI=1S/C29H33ClFN3O4S/c1-20(2)32-29(36)27(16-22-8-6-5-7-9-22)33(18-23-11-13-24(31)14-12-23)28(35)19-34(39(4,37)38)25-15-10-21(3)26(30)17-25/h5-15,17,20,27H,16,18-19H2,1-4H3,(H,32,36). The molecular weight excluding hydrogens is 541 g/mol. The normalized spacial score (nSPS) is 12.2. The molecule has 3 aromatic rings. The summed E-state index contributed by atoms with van der Waals surface area (Å²) < 4.78 is 40.2. The summed E-state index contributed by atoms with van der Waals surface area (Å²) in [6, 6.07) is 18.4. The molecule has 39 heavy (non-hydrogen) atoms. The minimum Gasteiger partial charge on any atom is -0.352 e. The summed E-state index contributed by atoms with van der Waals surface area (Å²) in [4.78, 5) is 28.8. The average molecular weight is 574 g/mol. The molecule has 3 rings (SSSR count). The van der Waals surface area contributed by atoms with Crippen LogP contribution in [0.15, 0.2) is 72.8 Å². The minimum absolute atomic E-state index is 0.0333. The monoisotopic (exact) mass is 573 g/mol. The lowest BCUT2D eigenvalue weighted by Gasteiger charge is -2.34. The van der Waals surface area contributed by atoms with Crippen LogP contribution in [0, 0.1) is 12.7 Å². The summed E-state index contributed by atoms with van der Waals surface area (Å²) in [6.07, 6.45) is 1.20. The van der Waals surface area contributed by atoms with Crippen molar-refractivity contribution in [1.29, 1.82) is 0 Å². The van der Waals surface area contributed by atoms with Crippen LogP contribution in [0.5, 0.6) is 0 Å². The predicted molar refractivity (Wildman–Crippen MR) is 153 cm³/mol. The first kappa shape index (κ1) is 30.1. The van der Waals surface area contributed by atoms with Crippen LogP contribution in [0.1, 0.15) is 30.5 Å². The zero-order chi connectivity index (χ0) is 28.7. The fourth-order valence-electron chi connectivity index (χ4n) is 4.07. The van der Waals surface area contributed by atoms with E-state index in [1.165, 1.54) is 35.2 Å². The Morgan fingerprint density at radius 2 is 1.62 bits per heavy atom. The first-order valence-corrected chi connectivity index (χ1v) is 14.7. The van der Waals surface area contributed by atoms with Crippen LogP contribution in [0.2, 0.25) is 5.02 Å². The minimum atomic E-state index is -3.90. The third-order valence-electron chi connectivity index (χ3n) is 6.09. The number of carbonyl (C=O) groups excluding carboxylic acids is 2. The molecule has 3 aromatic carbocycles. The first-order valence-electron chi connectivity index (χ1n) is 12.5. The highest BCUT2D eigenvalue weighted by Crippen LogP contribution is 2.25. The van der Waals surface area contributed by atoms with E-state index in [4.69, 9.17) is 11.6 Å². The van der Waals surface area contributed by atoms with Gasteiger partial charge in [0, 0.05) is 24.0 Å². The van der Waals surface area contributed by atoms with Gasteiger partial charge < -0.3 is 10.2 Å². The molecule has 0 aliphatic rings. The Labute approximate surface area is 234 Å². The number of amides is 2. The molecule has 0 saturated carbocycles. The van der Waals surface area contributed by atoms with Crippen LogP contribution in [-0.2, 0) is 32.6 Å². The van der Waals surface area contributed by atoms with Crippen molar-refractivity contribution >= 4 is 39.1 Å². The van der Waals surface area contributed by atoms with Crippen molar-refractivity contribution in [3.05, 3.63) is 100 Å². The number of benzene rings is 3. The van der Waals surface area contributed by atoms with Crippen LogP contribution >= 0.6 is 11.6 Å². The van der Waals surface area contributed by atoms with Gasteiger partial charge in [-0.05, 0) is 61.7 Å². The van der Waals surface area contributed by atoms with Gasteiger partial charge in [-0.1, -0.05) is 60.1 Å². The van der Waals surface area contributed by atoms with Crippen molar-refractivity contribution < 1.29 is 22.4 Å². The van der Waals surface area contributed by atoms with Crippen molar-refractivity contribution in [2.75, 3.05) is 17.1 Å². The van der Waals surface area contributed by atoms with Crippen LogP contribution in [0.25, 0.3) is 0 Å².